The third-order valence-corrected chi connectivity index (χ3v) is 4.75. The molecule has 2 amide bonds. The Hall–Kier alpha value is -3.62. The molecule has 0 radical (unpaired) electrons. The molecule has 1 aromatic carbocycles. The van der Waals surface area contributed by atoms with Crippen LogP contribution in [0.1, 0.15) is 5.89 Å². The number of urea groups is 1. The second-order valence-electron chi connectivity index (χ2n) is 6.68. The molecule has 0 bridgehead atoms. The predicted molar refractivity (Wildman–Crippen MR) is 108 cm³/mol. The van der Waals surface area contributed by atoms with E-state index in [1.807, 2.05) is 30.3 Å². The normalized spacial score (nSPS) is 14.0. The lowest BCUT2D eigenvalue weighted by Crippen LogP contribution is -2.50. The molecule has 1 fully saturated rings. The van der Waals surface area contributed by atoms with Crippen molar-refractivity contribution in [1.29, 1.82) is 0 Å². The first-order chi connectivity index (χ1) is 14.1. The van der Waals surface area contributed by atoms with Gasteiger partial charge in [-0.1, -0.05) is 11.2 Å². The lowest BCUT2D eigenvalue weighted by atomic mass is 10.2. The summed E-state index contributed by atoms with van der Waals surface area (Å²) in [4.78, 5) is 25.2. The second kappa shape index (κ2) is 8.17. The van der Waals surface area contributed by atoms with Crippen LogP contribution in [-0.4, -0.2) is 59.3 Å². The Labute approximate surface area is 168 Å². The number of nitrogens with one attached hydrogen (secondary N) is 1. The highest BCUT2D eigenvalue weighted by Crippen LogP contribution is 2.20. The van der Waals surface area contributed by atoms with E-state index in [0.717, 1.165) is 11.4 Å². The van der Waals surface area contributed by atoms with Gasteiger partial charge in [0.15, 0.2) is 0 Å². The zero-order valence-electron chi connectivity index (χ0n) is 16.3. The Bertz CT molecular complexity index is 980. The van der Waals surface area contributed by atoms with E-state index in [0.29, 0.717) is 49.3 Å². The smallest absolute Gasteiger partial charge is 0.321 e. The fourth-order valence-corrected chi connectivity index (χ4v) is 3.16. The molecule has 0 atom stereocenters. The molecule has 3 heterocycles. The number of pyridine rings is 1. The number of hydrogen-bond acceptors (Lipinski definition) is 7. The SMILES string of the molecule is COc1cccc(NC(=O)N2CCN(c3ccc(-c4noc(C)n4)cn3)CC2)c1. The third kappa shape index (κ3) is 4.29. The Morgan fingerprint density at radius 1 is 1.17 bits per heavy atom. The summed E-state index contributed by atoms with van der Waals surface area (Å²) in [5.41, 5.74) is 1.52. The van der Waals surface area contributed by atoms with Crippen molar-refractivity contribution in [1.82, 2.24) is 20.0 Å². The highest BCUT2D eigenvalue weighted by atomic mass is 16.5. The molecule has 150 valence electrons. The fourth-order valence-electron chi connectivity index (χ4n) is 3.16. The Kier molecular flexibility index (Phi) is 5.28. The van der Waals surface area contributed by atoms with Gasteiger partial charge >= 0.3 is 6.03 Å². The first-order valence-electron chi connectivity index (χ1n) is 9.34. The molecule has 29 heavy (non-hydrogen) atoms. The van der Waals surface area contributed by atoms with Crippen molar-refractivity contribution in [3.63, 3.8) is 0 Å². The second-order valence-corrected chi connectivity index (χ2v) is 6.68. The van der Waals surface area contributed by atoms with Gasteiger partial charge in [0.1, 0.15) is 11.6 Å². The van der Waals surface area contributed by atoms with Crippen molar-refractivity contribution in [3.05, 3.63) is 48.5 Å². The fraction of sp³-hybridized carbons (Fsp3) is 0.300. The summed E-state index contributed by atoms with van der Waals surface area (Å²) < 4.78 is 10.2. The highest BCUT2D eigenvalue weighted by molar-refractivity contribution is 5.89. The maximum Gasteiger partial charge on any atom is 0.321 e. The van der Waals surface area contributed by atoms with Crippen LogP contribution in [0.4, 0.5) is 16.3 Å². The van der Waals surface area contributed by atoms with Crippen molar-refractivity contribution in [2.45, 2.75) is 6.92 Å². The first-order valence-corrected chi connectivity index (χ1v) is 9.34. The van der Waals surface area contributed by atoms with Crippen LogP contribution in [0.2, 0.25) is 0 Å². The largest absolute Gasteiger partial charge is 0.497 e. The van der Waals surface area contributed by atoms with E-state index in [1.54, 1.807) is 31.2 Å². The third-order valence-electron chi connectivity index (χ3n) is 4.75. The lowest BCUT2D eigenvalue weighted by molar-refractivity contribution is 0.208. The summed E-state index contributed by atoms with van der Waals surface area (Å²) >= 11 is 0. The molecule has 4 rings (SSSR count). The Balaban J connectivity index is 1.33. The van der Waals surface area contributed by atoms with Crippen LogP contribution in [0.3, 0.4) is 0 Å². The summed E-state index contributed by atoms with van der Waals surface area (Å²) in [6.07, 6.45) is 1.74. The van der Waals surface area contributed by atoms with Crippen LogP contribution in [-0.2, 0) is 0 Å². The van der Waals surface area contributed by atoms with E-state index >= 15 is 0 Å². The highest BCUT2D eigenvalue weighted by Gasteiger charge is 2.22. The maximum atomic E-state index is 12.5. The molecular weight excluding hydrogens is 372 g/mol. The summed E-state index contributed by atoms with van der Waals surface area (Å²) in [5, 5.41) is 6.82. The zero-order chi connectivity index (χ0) is 20.2. The predicted octanol–water partition coefficient (Wildman–Crippen LogP) is 2.80. The van der Waals surface area contributed by atoms with Crippen molar-refractivity contribution in [3.8, 4) is 17.1 Å². The average molecular weight is 394 g/mol. The number of carbonyl (C=O) groups excluding carboxylic acids is 1. The summed E-state index contributed by atoms with van der Waals surface area (Å²) in [6, 6.07) is 11.1. The summed E-state index contributed by atoms with van der Waals surface area (Å²) in [6.45, 7) is 4.40. The van der Waals surface area contributed by atoms with Crippen molar-refractivity contribution >= 4 is 17.5 Å². The quantitative estimate of drug-likeness (QED) is 0.727. The number of rotatable bonds is 4. The van der Waals surface area contributed by atoms with Crippen LogP contribution in [0.25, 0.3) is 11.4 Å². The summed E-state index contributed by atoms with van der Waals surface area (Å²) in [7, 11) is 1.60. The number of aromatic nitrogens is 3. The van der Waals surface area contributed by atoms with Crippen LogP contribution in [0, 0.1) is 6.92 Å². The van der Waals surface area contributed by atoms with Crippen LogP contribution >= 0.6 is 0 Å². The van der Waals surface area contributed by atoms with Gasteiger partial charge in [0, 0.05) is 56.6 Å². The lowest BCUT2D eigenvalue weighted by Gasteiger charge is -2.35. The molecule has 1 saturated heterocycles. The van der Waals surface area contributed by atoms with Crippen LogP contribution in [0.15, 0.2) is 47.1 Å². The molecule has 2 aromatic heterocycles. The minimum atomic E-state index is -0.117. The molecule has 9 nitrogen and oxygen atoms in total. The van der Waals surface area contributed by atoms with Gasteiger partial charge in [-0.3, -0.25) is 0 Å². The van der Waals surface area contributed by atoms with Crippen LogP contribution < -0.4 is 15.0 Å². The van der Waals surface area contributed by atoms with Crippen molar-refractivity contribution < 1.29 is 14.1 Å². The van der Waals surface area contributed by atoms with E-state index < -0.39 is 0 Å². The molecule has 1 aliphatic rings. The number of methoxy groups -OCH3 is 1. The molecule has 3 aromatic rings. The standard InChI is InChI=1S/C20H22N6O3/c1-14-22-19(24-29-14)15-6-7-18(21-13-15)25-8-10-26(11-9-25)20(27)23-16-4-3-5-17(12-16)28-2/h3-7,12-13H,8-11H2,1-2H3,(H,23,27). The van der Waals surface area contributed by atoms with E-state index in [2.05, 4.69) is 25.3 Å². The van der Waals surface area contributed by atoms with E-state index in [1.165, 1.54) is 0 Å². The number of amides is 2. The zero-order valence-corrected chi connectivity index (χ0v) is 16.3. The topological polar surface area (TPSA) is 96.6 Å². The number of nitrogens with zero attached hydrogens (tertiary/aromatic N) is 5. The van der Waals surface area contributed by atoms with Gasteiger partial charge < -0.3 is 24.4 Å². The van der Waals surface area contributed by atoms with Crippen LogP contribution in [0.5, 0.6) is 5.75 Å². The number of piperazine rings is 1. The van der Waals surface area contributed by atoms with Gasteiger partial charge in [-0.25, -0.2) is 9.78 Å². The first kappa shape index (κ1) is 18.7. The average Bonchev–Trinajstić information content (AvgIpc) is 3.20. The minimum absolute atomic E-state index is 0.117. The van der Waals surface area contributed by atoms with Gasteiger partial charge in [0.25, 0.3) is 0 Å². The Morgan fingerprint density at radius 2 is 2.00 bits per heavy atom. The molecule has 0 unspecified atom stereocenters. The van der Waals surface area contributed by atoms with E-state index in [9.17, 15) is 4.79 Å². The van der Waals surface area contributed by atoms with Gasteiger partial charge in [-0.2, -0.15) is 4.98 Å². The number of carbonyl (C=O) groups is 1. The minimum Gasteiger partial charge on any atom is -0.497 e. The van der Waals surface area contributed by atoms with Gasteiger partial charge in [0.2, 0.25) is 11.7 Å². The molecule has 1 aliphatic heterocycles. The van der Waals surface area contributed by atoms with E-state index in [4.69, 9.17) is 9.26 Å². The number of ether oxygens (including phenoxy) is 1. The monoisotopic (exact) mass is 394 g/mol. The van der Waals surface area contributed by atoms with Gasteiger partial charge in [-0.15, -0.1) is 0 Å². The number of benzene rings is 1. The van der Waals surface area contributed by atoms with Crippen molar-refractivity contribution in [2.24, 2.45) is 0 Å². The molecule has 0 saturated carbocycles. The summed E-state index contributed by atoms with van der Waals surface area (Å²) in [5.74, 6) is 2.62. The maximum absolute atomic E-state index is 12.5. The number of anilines is 2. The van der Waals surface area contributed by atoms with E-state index in [-0.39, 0.29) is 6.03 Å². The number of aryl methyl sites for hydroxylation is 1. The van der Waals surface area contributed by atoms with Crippen molar-refractivity contribution in [2.75, 3.05) is 43.5 Å². The molecule has 0 aliphatic carbocycles. The number of hydrogen-bond donors (Lipinski definition) is 1. The van der Waals surface area contributed by atoms with Gasteiger partial charge in [-0.05, 0) is 24.3 Å². The van der Waals surface area contributed by atoms with Gasteiger partial charge in [0.05, 0.1) is 7.11 Å². The molecule has 9 heteroatoms. The molecular formula is C20H22N6O3. The molecule has 1 N–H and O–H groups in total. The Morgan fingerprint density at radius 3 is 2.66 bits per heavy atom. The molecule has 0 spiro atoms.